The highest BCUT2D eigenvalue weighted by Crippen LogP contribution is 2.39. The van der Waals surface area contributed by atoms with Gasteiger partial charge in [-0.1, -0.05) is 6.92 Å². The predicted molar refractivity (Wildman–Crippen MR) is 83.3 cm³/mol. The summed E-state index contributed by atoms with van der Waals surface area (Å²) in [5, 5.41) is 0.127. The molecule has 1 aromatic heterocycles. The molecule has 0 aliphatic carbocycles. The van der Waals surface area contributed by atoms with Crippen molar-refractivity contribution in [1.29, 1.82) is 0 Å². The Hall–Kier alpha value is -1.39. The smallest absolute Gasteiger partial charge is 0.119 e. The van der Waals surface area contributed by atoms with Crippen molar-refractivity contribution in [1.82, 2.24) is 0 Å². The summed E-state index contributed by atoms with van der Waals surface area (Å²) in [5.74, 6) is 2.72. The maximum Gasteiger partial charge on any atom is 0.119 e. The fourth-order valence-electron chi connectivity index (χ4n) is 1.98. The van der Waals surface area contributed by atoms with E-state index in [1.54, 1.807) is 18.9 Å². The third-order valence-corrected chi connectivity index (χ3v) is 4.60. The van der Waals surface area contributed by atoms with Gasteiger partial charge in [0.15, 0.2) is 0 Å². The van der Waals surface area contributed by atoms with Gasteiger partial charge in [-0.15, -0.1) is 11.8 Å². The van der Waals surface area contributed by atoms with Gasteiger partial charge in [-0.2, -0.15) is 0 Å². The number of rotatable bonds is 6. The second-order valence-corrected chi connectivity index (χ2v) is 5.95. The van der Waals surface area contributed by atoms with Gasteiger partial charge in [0.2, 0.25) is 0 Å². The maximum absolute atomic E-state index is 6.26. The number of nitrogens with two attached hydrogens (primary N) is 1. The Morgan fingerprint density at radius 3 is 2.40 bits per heavy atom. The molecule has 2 atom stereocenters. The summed E-state index contributed by atoms with van der Waals surface area (Å²) >= 11 is 1.73. The molecule has 0 saturated heterocycles. The lowest BCUT2D eigenvalue weighted by molar-refractivity contribution is 0.414. The maximum atomic E-state index is 6.26. The Labute approximate surface area is 124 Å². The van der Waals surface area contributed by atoms with Crippen LogP contribution in [0.1, 0.15) is 30.1 Å². The molecule has 0 amide bonds. The first-order chi connectivity index (χ1) is 9.63. The van der Waals surface area contributed by atoms with Crippen molar-refractivity contribution in [2.24, 2.45) is 5.73 Å². The predicted octanol–water partition coefficient (Wildman–Crippen LogP) is 4.17. The molecule has 2 unspecified atom stereocenters. The highest BCUT2D eigenvalue weighted by atomic mass is 32.2. The van der Waals surface area contributed by atoms with Crippen LogP contribution in [0.3, 0.4) is 0 Å². The summed E-state index contributed by atoms with van der Waals surface area (Å²) in [6, 6.07) is 12.1. The molecule has 3 nitrogen and oxygen atoms in total. The number of benzene rings is 1. The Kier molecular flexibility index (Phi) is 5.15. The van der Waals surface area contributed by atoms with Gasteiger partial charge in [0.1, 0.15) is 17.3 Å². The van der Waals surface area contributed by atoms with Crippen LogP contribution >= 0.6 is 11.8 Å². The molecular weight excluding hydrogens is 270 g/mol. The molecule has 0 spiro atoms. The van der Waals surface area contributed by atoms with Gasteiger partial charge in [-0.05, 0) is 49.7 Å². The molecule has 2 N–H and O–H groups in total. The van der Waals surface area contributed by atoms with E-state index in [0.717, 1.165) is 28.6 Å². The van der Waals surface area contributed by atoms with E-state index in [1.807, 2.05) is 31.2 Å². The largest absolute Gasteiger partial charge is 0.497 e. The molecule has 2 rings (SSSR count). The molecule has 20 heavy (non-hydrogen) atoms. The van der Waals surface area contributed by atoms with E-state index >= 15 is 0 Å². The molecule has 0 bridgehead atoms. The standard InChI is InChI=1S/C16H21NO2S/c1-4-14(17)16(15-10-5-11(2)19-15)20-13-8-6-12(18-3)7-9-13/h5-10,14,16H,4,17H2,1-3H3. The zero-order valence-corrected chi connectivity index (χ0v) is 12.9. The number of thioether (sulfide) groups is 1. The molecule has 108 valence electrons. The highest BCUT2D eigenvalue weighted by Gasteiger charge is 2.23. The van der Waals surface area contributed by atoms with Crippen LogP contribution in [-0.2, 0) is 0 Å². The molecule has 0 aliphatic rings. The van der Waals surface area contributed by atoms with Gasteiger partial charge in [-0.25, -0.2) is 0 Å². The second kappa shape index (κ2) is 6.86. The number of hydrogen-bond acceptors (Lipinski definition) is 4. The minimum Gasteiger partial charge on any atom is -0.497 e. The number of furan rings is 1. The summed E-state index contributed by atoms with van der Waals surface area (Å²) in [6.07, 6.45) is 0.910. The summed E-state index contributed by atoms with van der Waals surface area (Å²) in [6.45, 7) is 4.05. The summed E-state index contributed by atoms with van der Waals surface area (Å²) in [5.41, 5.74) is 6.26. The molecular formula is C16H21NO2S. The minimum atomic E-state index is 0.0626. The van der Waals surface area contributed by atoms with Crippen molar-refractivity contribution in [3.8, 4) is 5.75 Å². The van der Waals surface area contributed by atoms with Crippen molar-refractivity contribution in [3.05, 3.63) is 47.9 Å². The van der Waals surface area contributed by atoms with E-state index in [1.165, 1.54) is 0 Å². The monoisotopic (exact) mass is 291 g/mol. The minimum absolute atomic E-state index is 0.0626. The second-order valence-electron chi connectivity index (χ2n) is 4.73. The molecule has 2 aromatic rings. The Balaban J connectivity index is 2.18. The summed E-state index contributed by atoms with van der Waals surface area (Å²) < 4.78 is 10.9. The first-order valence-electron chi connectivity index (χ1n) is 6.76. The molecule has 0 saturated carbocycles. The summed E-state index contributed by atoms with van der Waals surface area (Å²) in [4.78, 5) is 1.16. The van der Waals surface area contributed by atoms with E-state index in [9.17, 15) is 0 Å². The lowest BCUT2D eigenvalue weighted by Gasteiger charge is -2.20. The van der Waals surface area contributed by atoms with Gasteiger partial charge in [0, 0.05) is 10.9 Å². The number of aryl methyl sites for hydroxylation is 1. The quantitative estimate of drug-likeness (QED) is 0.812. The highest BCUT2D eigenvalue weighted by molar-refractivity contribution is 7.99. The fraction of sp³-hybridized carbons (Fsp3) is 0.375. The molecule has 1 aromatic carbocycles. The van der Waals surface area contributed by atoms with Crippen LogP contribution < -0.4 is 10.5 Å². The van der Waals surface area contributed by atoms with Crippen molar-refractivity contribution in [3.63, 3.8) is 0 Å². The van der Waals surface area contributed by atoms with Crippen LogP contribution in [0.5, 0.6) is 5.75 Å². The van der Waals surface area contributed by atoms with E-state index in [2.05, 4.69) is 19.1 Å². The number of hydrogen-bond donors (Lipinski definition) is 1. The Morgan fingerprint density at radius 1 is 1.20 bits per heavy atom. The third-order valence-electron chi connectivity index (χ3n) is 3.22. The molecule has 1 heterocycles. The van der Waals surface area contributed by atoms with Crippen molar-refractivity contribution in [2.75, 3.05) is 7.11 Å². The SMILES string of the molecule is CCC(N)C(Sc1ccc(OC)cc1)c1ccc(C)o1. The van der Waals surface area contributed by atoms with Gasteiger partial charge in [0.25, 0.3) is 0 Å². The van der Waals surface area contributed by atoms with Gasteiger partial charge in [-0.3, -0.25) is 0 Å². The average molecular weight is 291 g/mol. The number of ether oxygens (including phenoxy) is 1. The van der Waals surface area contributed by atoms with Crippen LogP contribution in [0, 0.1) is 6.92 Å². The normalized spacial score (nSPS) is 14.0. The van der Waals surface area contributed by atoms with Crippen LogP contribution in [0.4, 0.5) is 0 Å². The van der Waals surface area contributed by atoms with Crippen LogP contribution in [-0.4, -0.2) is 13.2 Å². The van der Waals surface area contributed by atoms with E-state index in [0.29, 0.717) is 0 Å². The van der Waals surface area contributed by atoms with E-state index in [-0.39, 0.29) is 11.3 Å². The van der Waals surface area contributed by atoms with Crippen LogP contribution in [0.15, 0.2) is 45.7 Å². The molecule has 0 radical (unpaired) electrons. The fourth-order valence-corrected chi connectivity index (χ4v) is 3.17. The average Bonchev–Trinajstić information content (AvgIpc) is 2.91. The topological polar surface area (TPSA) is 48.4 Å². The van der Waals surface area contributed by atoms with Gasteiger partial charge in [0.05, 0.1) is 12.4 Å². The molecule has 4 heteroatoms. The first-order valence-corrected chi connectivity index (χ1v) is 7.64. The lowest BCUT2D eigenvalue weighted by Crippen LogP contribution is -2.25. The zero-order chi connectivity index (χ0) is 14.5. The zero-order valence-electron chi connectivity index (χ0n) is 12.1. The van der Waals surface area contributed by atoms with Crippen LogP contribution in [0.2, 0.25) is 0 Å². The van der Waals surface area contributed by atoms with Crippen molar-refractivity contribution >= 4 is 11.8 Å². The molecule has 0 fully saturated rings. The van der Waals surface area contributed by atoms with E-state index in [4.69, 9.17) is 14.9 Å². The molecule has 0 aliphatic heterocycles. The first kappa shape index (κ1) is 15.0. The van der Waals surface area contributed by atoms with Gasteiger partial charge >= 0.3 is 0 Å². The Morgan fingerprint density at radius 2 is 1.90 bits per heavy atom. The van der Waals surface area contributed by atoms with Crippen LogP contribution in [0.25, 0.3) is 0 Å². The van der Waals surface area contributed by atoms with Gasteiger partial charge < -0.3 is 14.9 Å². The van der Waals surface area contributed by atoms with E-state index < -0.39 is 0 Å². The Bertz CT molecular complexity index is 536. The van der Waals surface area contributed by atoms with Crippen molar-refractivity contribution in [2.45, 2.75) is 36.5 Å². The number of methoxy groups -OCH3 is 1. The summed E-state index contributed by atoms with van der Waals surface area (Å²) in [7, 11) is 1.67. The van der Waals surface area contributed by atoms with Crippen molar-refractivity contribution < 1.29 is 9.15 Å². The lowest BCUT2D eigenvalue weighted by atomic mass is 10.1. The third kappa shape index (κ3) is 3.58.